The van der Waals surface area contributed by atoms with Crippen molar-refractivity contribution in [1.29, 1.82) is 0 Å². The molecule has 2 bridgehead atoms. The van der Waals surface area contributed by atoms with Gasteiger partial charge in [0.05, 0.1) is 30.8 Å². The van der Waals surface area contributed by atoms with E-state index in [1.54, 1.807) is 17.9 Å². The SMILES string of the molecule is C=CCN(C(=O)C1N([C@@H](CO)Cc2ccccc2)C(=O)[C@@H]2[C@@H](C(=O)OCC)[C@@]3(CC)CCC12O3)c1ccc(N(CC)CC)cc1. The number of nitrogens with zero attached hydrogens (tertiary/aromatic N) is 3. The number of rotatable bonds is 14. The molecule has 9 heteroatoms. The Morgan fingerprint density at radius 1 is 1.07 bits per heavy atom. The van der Waals surface area contributed by atoms with Crippen molar-refractivity contribution in [2.24, 2.45) is 11.8 Å². The third-order valence-electron chi connectivity index (χ3n) is 10.2. The zero-order valence-electron chi connectivity index (χ0n) is 27.0. The summed E-state index contributed by atoms with van der Waals surface area (Å²) in [6.07, 6.45) is 3.52. The highest BCUT2D eigenvalue weighted by Crippen LogP contribution is 2.65. The predicted octanol–water partition coefficient (Wildman–Crippen LogP) is 4.37. The van der Waals surface area contributed by atoms with Gasteiger partial charge in [-0.25, -0.2) is 0 Å². The van der Waals surface area contributed by atoms with Crippen LogP contribution in [0, 0.1) is 11.8 Å². The Bertz CT molecular complexity index is 1380. The number of benzene rings is 2. The summed E-state index contributed by atoms with van der Waals surface area (Å²) in [6, 6.07) is 15.7. The summed E-state index contributed by atoms with van der Waals surface area (Å²) < 4.78 is 12.4. The van der Waals surface area contributed by atoms with Crippen molar-refractivity contribution < 1.29 is 29.0 Å². The monoisotopic (exact) mass is 617 g/mol. The molecule has 0 aliphatic carbocycles. The number of ether oxygens (including phenoxy) is 2. The molecule has 3 fully saturated rings. The highest BCUT2D eigenvalue weighted by molar-refractivity contribution is 6.05. The number of anilines is 2. The van der Waals surface area contributed by atoms with E-state index in [0.29, 0.717) is 31.4 Å². The van der Waals surface area contributed by atoms with Gasteiger partial charge in [-0.1, -0.05) is 43.3 Å². The van der Waals surface area contributed by atoms with Crippen LogP contribution in [0.25, 0.3) is 0 Å². The molecule has 1 spiro atoms. The van der Waals surface area contributed by atoms with E-state index in [1.165, 1.54) is 4.90 Å². The molecule has 9 nitrogen and oxygen atoms in total. The number of amides is 2. The number of carbonyl (C=O) groups excluding carboxylic acids is 3. The molecule has 3 aliphatic rings. The number of likely N-dealkylation sites (tertiary alicyclic amines) is 1. The van der Waals surface area contributed by atoms with Crippen LogP contribution >= 0.6 is 0 Å². The van der Waals surface area contributed by atoms with Crippen molar-refractivity contribution in [3.05, 3.63) is 72.8 Å². The second kappa shape index (κ2) is 13.3. The van der Waals surface area contributed by atoms with Gasteiger partial charge in [-0.15, -0.1) is 6.58 Å². The van der Waals surface area contributed by atoms with E-state index >= 15 is 4.79 Å². The first-order valence-electron chi connectivity index (χ1n) is 16.4. The van der Waals surface area contributed by atoms with Crippen molar-refractivity contribution in [2.45, 2.75) is 76.7 Å². The van der Waals surface area contributed by atoms with E-state index < -0.39 is 41.1 Å². The highest BCUT2D eigenvalue weighted by atomic mass is 16.6. The molecule has 5 rings (SSSR count). The van der Waals surface area contributed by atoms with Gasteiger partial charge in [0.15, 0.2) is 0 Å². The largest absolute Gasteiger partial charge is 0.466 e. The fourth-order valence-electron chi connectivity index (χ4n) is 8.09. The third-order valence-corrected chi connectivity index (χ3v) is 10.2. The Balaban J connectivity index is 1.61. The van der Waals surface area contributed by atoms with Crippen molar-refractivity contribution in [2.75, 3.05) is 42.6 Å². The number of carbonyl (C=O) groups is 3. The standard InChI is InChI=1S/C36H47N3O6/c1-6-22-38(27-18-16-26(17-19-27)37(8-3)9-4)33(42)31-36-21-20-35(7-2,45-36)30(34(43)44-10-5)29(36)32(41)39(31)28(24-40)23-25-14-12-11-13-15-25/h6,11-19,28-31,40H,1,7-10,20-24H2,2-5H3/t28-,29+,30+,31?,35-,36?/m1/s1. The summed E-state index contributed by atoms with van der Waals surface area (Å²) in [5.74, 6) is -2.84. The van der Waals surface area contributed by atoms with Crippen LogP contribution in [0.2, 0.25) is 0 Å². The number of aliphatic hydroxyl groups is 1. The first-order chi connectivity index (χ1) is 21.7. The Morgan fingerprint density at radius 3 is 2.31 bits per heavy atom. The normalized spacial score (nSPS) is 27.3. The van der Waals surface area contributed by atoms with Crippen LogP contribution in [0.1, 0.15) is 52.5 Å². The lowest BCUT2D eigenvalue weighted by atomic mass is 9.65. The molecule has 2 unspecified atom stereocenters. The summed E-state index contributed by atoms with van der Waals surface area (Å²) in [7, 11) is 0. The van der Waals surface area contributed by atoms with Crippen LogP contribution in [-0.4, -0.2) is 83.9 Å². The minimum Gasteiger partial charge on any atom is -0.466 e. The molecule has 2 aromatic rings. The first-order valence-corrected chi connectivity index (χ1v) is 16.4. The molecule has 1 N–H and O–H groups in total. The minimum atomic E-state index is -1.23. The van der Waals surface area contributed by atoms with E-state index in [2.05, 4.69) is 25.3 Å². The molecule has 242 valence electrons. The summed E-state index contributed by atoms with van der Waals surface area (Å²) >= 11 is 0. The Kier molecular flexibility index (Phi) is 9.70. The number of aliphatic hydroxyl groups excluding tert-OH is 1. The lowest BCUT2D eigenvalue weighted by molar-refractivity contribution is -0.161. The Hall–Kier alpha value is -3.69. The maximum atomic E-state index is 15.0. The number of hydrogen-bond donors (Lipinski definition) is 1. The van der Waals surface area contributed by atoms with Crippen LogP contribution in [-0.2, 0) is 30.3 Å². The van der Waals surface area contributed by atoms with Crippen LogP contribution in [0.15, 0.2) is 67.3 Å². The van der Waals surface area contributed by atoms with Crippen molar-refractivity contribution in [3.8, 4) is 0 Å². The molecule has 0 radical (unpaired) electrons. The fourth-order valence-corrected chi connectivity index (χ4v) is 8.09. The second-order valence-electron chi connectivity index (χ2n) is 12.3. The van der Waals surface area contributed by atoms with Crippen molar-refractivity contribution in [1.82, 2.24) is 4.90 Å². The fraction of sp³-hybridized carbons (Fsp3) is 0.528. The topological polar surface area (TPSA) is 99.6 Å². The maximum Gasteiger partial charge on any atom is 0.312 e. The molecule has 2 amide bonds. The molecule has 0 saturated carbocycles. The average Bonchev–Trinajstić information content (AvgIpc) is 3.67. The first kappa shape index (κ1) is 32.7. The lowest BCUT2D eigenvalue weighted by Crippen LogP contribution is -2.59. The van der Waals surface area contributed by atoms with Gasteiger partial charge in [0.25, 0.3) is 5.91 Å². The summed E-state index contributed by atoms with van der Waals surface area (Å²) in [5.41, 5.74) is 0.532. The Labute approximate surface area is 266 Å². The van der Waals surface area contributed by atoms with Crippen LogP contribution < -0.4 is 9.80 Å². The molecular formula is C36H47N3O6. The molecule has 3 saturated heterocycles. The number of hydrogen-bond acceptors (Lipinski definition) is 7. The number of esters is 1. The molecule has 2 aromatic carbocycles. The van der Waals surface area contributed by atoms with Gasteiger partial charge in [-0.3, -0.25) is 14.4 Å². The maximum absolute atomic E-state index is 15.0. The number of fused-ring (bicyclic) bond motifs is 1. The van der Waals surface area contributed by atoms with Gasteiger partial charge in [-0.2, -0.15) is 0 Å². The van der Waals surface area contributed by atoms with Crippen molar-refractivity contribution in [3.63, 3.8) is 0 Å². The average molecular weight is 618 g/mol. The molecule has 0 aromatic heterocycles. The van der Waals surface area contributed by atoms with E-state index in [4.69, 9.17) is 9.47 Å². The van der Waals surface area contributed by atoms with Gasteiger partial charge in [0, 0.05) is 31.0 Å². The summed E-state index contributed by atoms with van der Waals surface area (Å²) in [5, 5.41) is 10.8. The zero-order chi connectivity index (χ0) is 32.4. The van der Waals surface area contributed by atoms with Gasteiger partial charge < -0.3 is 29.3 Å². The van der Waals surface area contributed by atoms with Crippen LogP contribution in [0.4, 0.5) is 11.4 Å². The van der Waals surface area contributed by atoms with Gasteiger partial charge in [0.1, 0.15) is 17.6 Å². The zero-order valence-corrected chi connectivity index (χ0v) is 27.0. The predicted molar refractivity (Wildman–Crippen MR) is 174 cm³/mol. The second-order valence-corrected chi connectivity index (χ2v) is 12.3. The molecule has 3 aliphatic heterocycles. The Morgan fingerprint density at radius 2 is 1.73 bits per heavy atom. The van der Waals surface area contributed by atoms with Gasteiger partial charge in [-0.05, 0) is 76.3 Å². The quantitative estimate of drug-likeness (QED) is 0.248. The van der Waals surface area contributed by atoms with Crippen LogP contribution in [0.3, 0.4) is 0 Å². The minimum absolute atomic E-state index is 0.180. The molecular weight excluding hydrogens is 570 g/mol. The molecule has 6 atom stereocenters. The lowest BCUT2D eigenvalue weighted by Gasteiger charge is -2.39. The van der Waals surface area contributed by atoms with Gasteiger partial charge in [0.2, 0.25) is 5.91 Å². The smallest absolute Gasteiger partial charge is 0.312 e. The summed E-state index contributed by atoms with van der Waals surface area (Å²) in [4.78, 5) is 48.7. The third kappa shape index (κ3) is 5.44. The van der Waals surface area contributed by atoms with E-state index in [-0.39, 0.29) is 31.6 Å². The summed E-state index contributed by atoms with van der Waals surface area (Å²) in [6.45, 7) is 13.6. The molecule has 45 heavy (non-hydrogen) atoms. The highest BCUT2D eigenvalue weighted by Gasteiger charge is 2.79. The molecule has 3 heterocycles. The van der Waals surface area contributed by atoms with Gasteiger partial charge >= 0.3 is 5.97 Å². The van der Waals surface area contributed by atoms with Crippen LogP contribution in [0.5, 0.6) is 0 Å². The van der Waals surface area contributed by atoms with Crippen molar-refractivity contribution >= 4 is 29.2 Å². The van der Waals surface area contributed by atoms with E-state index in [1.807, 2.05) is 61.5 Å². The van der Waals surface area contributed by atoms with E-state index in [0.717, 1.165) is 24.3 Å². The van der Waals surface area contributed by atoms with E-state index in [9.17, 15) is 14.7 Å².